The molecule has 0 saturated heterocycles. The van der Waals surface area contributed by atoms with Gasteiger partial charge in [-0.1, -0.05) is 11.6 Å². The third-order valence-corrected chi connectivity index (χ3v) is 3.48. The van der Waals surface area contributed by atoms with Gasteiger partial charge in [-0.3, -0.25) is 0 Å². The summed E-state index contributed by atoms with van der Waals surface area (Å²) in [5.41, 5.74) is 0.899. The molecule has 0 heterocycles. The lowest BCUT2D eigenvalue weighted by Crippen LogP contribution is -2.46. The van der Waals surface area contributed by atoms with Crippen LogP contribution in [0.2, 0.25) is 0 Å². The van der Waals surface area contributed by atoms with Gasteiger partial charge in [0.1, 0.15) is 0 Å². The zero-order valence-electron chi connectivity index (χ0n) is 9.79. The second kappa shape index (κ2) is 5.23. The largest absolute Gasteiger partial charge is 0.396 e. The zero-order chi connectivity index (χ0) is 12.3. The summed E-state index contributed by atoms with van der Waals surface area (Å²) in [4.78, 5) is 0. The van der Waals surface area contributed by atoms with E-state index in [0.29, 0.717) is 0 Å². The first-order valence-corrected chi connectivity index (χ1v) is 5.70. The van der Waals surface area contributed by atoms with Crippen LogP contribution in [0.4, 0.5) is 8.78 Å². The number of hydrogen-bond acceptors (Lipinski definition) is 2. The van der Waals surface area contributed by atoms with E-state index in [1.54, 1.807) is 0 Å². The summed E-state index contributed by atoms with van der Waals surface area (Å²) in [6.45, 7) is 3.07. The molecule has 1 fully saturated rings. The first-order valence-electron chi connectivity index (χ1n) is 5.70. The molecule has 0 aliphatic heterocycles. The molecule has 1 aliphatic carbocycles. The van der Waals surface area contributed by atoms with Gasteiger partial charge in [0.05, 0.1) is 12.7 Å². The number of aliphatic hydroxyl groups is 2. The minimum Gasteiger partial charge on any atom is -0.396 e. The average Bonchev–Trinajstić information content (AvgIpc) is 2.22. The Morgan fingerprint density at radius 3 is 2.44 bits per heavy atom. The van der Waals surface area contributed by atoms with Crippen molar-refractivity contribution in [1.29, 1.82) is 0 Å². The van der Waals surface area contributed by atoms with E-state index in [4.69, 9.17) is 5.11 Å². The number of allylic oxidation sites excluding steroid dienone is 2. The van der Waals surface area contributed by atoms with Crippen LogP contribution in [0.15, 0.2) is 11.6 Å². The van der Waals surface area contributed by atoms with Crippen LogP contribution in [0.1, 0.15) is 33.1 Å². The van der Waals surface area contributed by atoms with Crippen molar-refractivity contribution in [3.05, 3.63) is 11.6 Å². The number of hydrogen-bond donors (Lipinski definition) is 2. The Labute approximate surface area is 95.0 Å². The highest BCUT2D eigenvalue weighted by atomic mass is 19.3. The molecule has 3 unspecified atom stereocenters. The fourth-order valence-corrected chi connectivity index (χ4v) is 2.32. The van der Waals surface area contributed by atoms with Gasteiger partial charge in [-0.15, -0.1) is 0 Å². The summed E-state index contributed by atoms with van der Waals surface area (Å²) in [5, 5.41) is 18.5. The molecule has 2 nitrogen and oxygen atoms in total. The molecular formula is C12H20F2O2. The summed E-state index contributed by atoms with van der Waals surface area (Å²) < 4.78 is 27.8. The van der Waals surface area contributed by atoms with E-state index in [2.05, 4.69) is 0 Å². The van der Waals surface area contributed by atoms with E-state index >= 15 is 0 Å². The van der Waals surface area contributed by atoms with Crippen LogP contribution in [0, 0.1) is 11.8 Å². The second-order valence-corrected chi connectivity index (χ2v) is 4.72. The highest BCUT2D eigenvalue weighted by molar-refractivity contribution is 5.02. The van der Waals surface area contributed by atoms with Crippen LogP contribution in [0.3, 0.4) is 0 Å². The maximum atomic E-state index is 13.9. The number of rotatable bonds is 3. The predicted molar refractivity (Wildman–Crippen MR) is 58.3 cm³/mol. The monoisotopic (exact) mass is 234 g/mol. The minimum atomic E-state index is -2.88. The normalized spacial score (nSPS) is 35.1. The Morgan fingerprint density at radius 1 is 1.38 bits per heavy atom. The van der Waals surface area contributed by atoms with Crippen molar-refractivity contribution in [3.63, 3.8) is 0 Å². The second-order valence-electron chi connectivity index (χ2n) is 4.72. The molecule has 2 N–H and O–H groups in total. The van der Waals surface area contributed by atoms with Crippen molar-refractivity contribution in [2.45, 2.75) is 45.1 Å². The molecule has 1 rings (SSSR count). The van der Waals surface area contributed by atoms with Crippen LogP contribution in [-0.2, 0) is 0 Å². The minimum absolute atomic E-state index is 0.00507. The molecule has 0 aromatic heterocycles. The number of alkyl halides is 2. The van der Waals surface area contributed by atoms with Crippen molar-refractivity contribution in [1.82, 2.24) is 0 Å². The Balaban J connectivity index is 2.80. The summed E-state index contributed by atoms with van der Waals surface area (Å²) in [7, 11) is 0. The Morgan fingerprint density at radius 2 is 1.94 bits per heavy atom. The number of halogens is 2. The molecule has 1 aliphatic rings. The van der Waals surface area contributed by atoms with E-state index < -0.39 is 30.5 Å². The fraction of sp³-hybridized carbons (Fsp3) is 0.833. The third kappa shape index (κ3) is 2.80. The molecule has 94 valence electrons. The van der Waals surface area contributed by atoms with E-state index in [0.717, 1.165) is 5.57 Å². The fourth-order valence-electron chi connectivity index (χ4n) is 2.32. The lowest BCUT2D eigenvalue weighted by molar-refractivity contribution is -0.166. The van der Waals surface area contributed by atoms with Crippen molar-refractivity contribution < 1.29 is 19.0 Å². The Bertz CT molecular complexity index is 264. The molecule has 0 amide bonds. The van der Waals surface area contributed by atoms with Gasteiger partial charge < -0.3 is 10.2 Å². The quantitative estimate of drug-likeness (QED) is 0.736. The van der Waals surface area contributed by atoms with Crippen LogP contribution in [0.5, 0.6) is 0 Å². The highest BCUT2D eigenvalue weighted by Gasteiger charge is 2.50. The Kier molecular flexibility index (Phi) is 4.44. The molecule has 4 heteroatoms. The lowest BCUT2D eigenvalue weighted by Gasteiger charge is -2.39. The van der Waals surface area contributed by atoms with Crippen LogP contribution < -0.4 is 0 Å². The van der Waals surface area contributed by atoms with Crippen molar-refractivity contribution in [2.75, 3.05) is 6.61 Å². The molecule has 0 aromatic rings. The summed E-state index contributed by atoms with van der Waals surface area (Å²) in [6, 6.07) is 0. The number of aliphatic hydroxyl groups excluding tert-OH is 2. The van der Waals surface area contributed by atoms with Gasteiger partial charge in [-0.2, -0.15) is 0 Å². The molecule has 1 saturated carbocycles. The van der Waals surface area contributed by atoms with Crippen LogP contribution in [0.25, 0.3) is 0 Å². The molecular weight excluding hydrogens is 214 g/mol. The van der Waals surface area contributed by atoms with Crippen molar-refractivity contribution in [2.24, 2.45) is 11.8 Å². The standard InChI is InChI=1S/C12H20F2O2/c1-3-8(2)4-9-5-11(16)6-10(7-15)12(9,13)14/h3,9-11,15-16H,4-7H2,1-2H3/b8-3+. The predicted octanol–water partition coefficient (Wildman–Crippen LogP) is 2.36. The lowest BCUT2D eigenvalue weighted by atomic mass is 9.74. The van der Waals surface area contributed by atoms with E-state index in [-0.39, 0.29) is 19.3 Å². The maximum Gasteiger partial charge on any atom is 0.256 e. The molecule has 0 radical (unpaired) electrons. The molecule has 3 atom stereocenters. The van der Waals surface area contributed by atoms with E-state index in [9.17, 15) is 13.9 Å². The van der Waals surface area contributed by atoms with Crippen molar-refractivity contribution >= 4 is 0 Å². The van der Waals surface area contributed by atoms with Crippen molar-refractivity contribution in [3.8, 4) is 0 Å². The first-order chi connectivity index (χ1) is 7.41. The first kappa shape index (κ1) is 13.6. The van der Waals surface area contributed by atoms with Gasteiger partial charge >= 0.3 is 0 Å². The van der Waals surface area contributed by atoms with Gasteiger partial charge in [0.2, 0.25) is 0 Å². The van der Waals surface area contributed by atoms with E-state index in [1.165, 1.54) is 0 Å². The smallest absolute Gasteiger partial charge is 0.256 e. The average molecular weight is 234 g/mol. The summed E-state index contributed by atoms with van der Waals surface area (Å²) in [6.07, 6.45) is 1.50. The summed E-state index contributed by atoms with van der Waals surface area (Å²) >= 11 is 0. The molecule has 0 aromatic carbocycles. The van der Waals surface area contributed by atoms with Gasteiger partial charge in [0.25, 0.3) is 5.92 Å². The molecule has 16 heavy (non-hydrogen) atoms. The SMILES string of the molecule is C/C=C(\C)CC1CC(O)CC(CO)C1(F)F. The van der Waals surface area contributed by atoms with Gasteiger partial charge in [-0.05, 0) is 33.1 Å². The van der Waals surface area contributed by atoms with Crippen LogP contribution >= 0.6 is 0 Å². The van der Waals surface area contributed by atoms with Gasteiger partial charge in [-0.25, -0.2) is 8.78 Å². The third-order valence-electron chi connectivity index (χ3n) is 3.48. The van der Waals surface area contributed by atoms with Crippen LogP contribution in [-0.4, -0.2) is 28.8 Å². The molecule has 0 spiro atoms. The van der Waals surface area contributed by atoms with E-state index in [1.807, 2.05) is 19.9 Å². The molecule has 0 bridgehead atoms. The Hall–Kier alpha value is -0.480. The van der Waals surface area contributed by atoms with Gasteiger partial charge in [0.15, 0.2) is 0 Å². The van der Waals surface area contributed by atoms with Gasteiger partial charge in [0, 0.05) is 11.8 Å². The maximum absolute atomic E-state index is 13.9. The zero-order valence-corrected chi connectivity index (χ0v) is 9.79. The topological polar surface area (TPSA) is 40.5 Å². The highest BCUT2D eigenvalue weighted by Crippen LogP contribution is 2.45. The summed E-state index contributed by atoms with van der Waals surface area (Å²) in [5.74, 6) is -4.84.